The molecule has 21 heavy (non-hydrogen) atoms. The van der Waals surface area contributed by atoms with Gasteiger partial charge in [0.1, 0.15) is 0 Å². The Hall–Kier alpha value is -0.890. The number of hydrogen-bond donors (Lipinski definition) is 1. The van der Waals surface area contributed by atoms with Crippen molar-refractivity contribution in [2.75, 3.05) is 6.54 Å². The molecule has 2 nitrogen and oxygen atoms in total. The summed E-state index contributed by atoms with van der Waals surface area (Å²) in [5, 5.41) is 3.71. The van der Waals surface area contributed by atoms with E-state index in [2.05, 4.69) is 43.3 Å². The van der Waals surface area contributed by atoms with Crippen LogP contribution in [0.3, 0.4) is 0 Å². The molecular formula is C19H32N2. The van der Waals surface area contributed by atoms with Gasteiger partial charge in [-0.2, -0.15) is 0 Å². The number of unbranched alkanes of at least 4 members (excludes halogenated alkanes) is 1. The molecule has 1 atom stereocenters. The molecule has 118 valence electrons. The van der Waals surface area contributed by atoms with Crippen LogP contribution in [0.5, 0.6) is 0 Å². The predicted octanol–water partition coefficient (Wildman–Crippen LogP) is 5.04. The van der Waals surface area contributed by atoms with Gasteiger partial charge in [-0.3, -0.25) is 4.98 Å². The highest BCUT2D eigenvalue weighted by Gasteiger charge is 2.28. The highest BCUT2D eigenvalue weighted by Crippen LogP contribution is 2.38. The Bertz CT molecular complexity index is 408. The topological polar surface area (TPSA) is 24.9 Å². The standard InChI is InChI=1S/C19H32N2/c1-4-6-7-16-8-10-17(11-9-16)19(21-5-2)18-12-15(3)13-20-14-18/h12-14,16-17,19,21H,4-11H2,1-3H3. The van der Waals surface area contributed by atoms with Gasteiger partial charge in [0.2, 0.25) is 0 Å². The molecule has 0 amide bonds. The number of nitrogens with one attached hydrogen (secondary N) is 1. The molecule has 1 aliphatic carbocycles. The first-order valence-electron chi connectivity index (χ1n) is 8.89. The lowest BCUT2D eigenvalue weighted by molar-refractivity contribution is 0.214. The van der Waals surface area contributed by atoms with Crippen LogP contribution >= 0.6 is 0 Å². The van der Waals surface area contributed by atoms with Crippen LogP contribution in [0.4, 0.5) is 0 Å². The van der Waals surface area contributed by atoms with E-state index < -0.39 is 0 Å². The van der Waals surface area contributed by atoms with Crippen LogP contribution in [0.25, 0.3) is 0 Å². The molecule has 2 heteroatoms. The van der Waals surface area contributed by atoms with Gasteiger partial charge in [0.25, 0.3) is 0 Å². The molecule has 0 aliphatic heterocycles. The molecule has 2 rings (SSSR count). The molecule has 0 saturated heterocycles. The molecule has 0 radical (unpaired) electrons. The van der Waals surface area contributed by atoms with Gasteiger partial charge in [-0.05, 0) is 49.3 Å². The van der Waals surface area contributed by atoms with Gasteiger partial charge >= 0.3 is 0 Å². The summed E-state index contributed by atoms with van der Waals surface area (Å²) in [5.41, 5.74) is 2.65. The van der Waals surface area contributed by atoms with Crippen molar-refractivity contribution in [2.45, 2.75) is 71.8 Å². The fourth-order valence-corrected chi connectivity index (χ4v) is 3.83. The van der Waals surface area contributed by atoms with Crippen LogP contribution in [0, 0.1) is 18.8 Å². The van der Waals surface area contributed by atoms with Gasteiger partial charge in [-0.25, -0.2) is 0 Å². The molecule has 0 spiro atoms. The van der Waals surface area contributed by atoms with Crippen LogP contribution in [0.1, 0.15) is 76.0 Å². The molecule has 0 aromatic carbocycles. The van der Waals surface area contributed by atoms with E-state index in [9.17, 15) is 0 Å². The molecule has 1 aliphatic rings. The fraction of sp³-hybridized carbons (Fsp3) is 0.737. The summed E-state index contributed by atoms with van der Waals surface area (Å²) in [6.45, 7) is 7.69. The van der Waals surface area contributed by atoms with E-state index in [4.69, 9.17) is 0 Å². The van der Waals surface area contributed by atoms with Crippen molar-refractivity contribution < 1.29 is 0 Å². The normalized spacial score (nSPS) is 24.0. The van der Waals surface area contributed by atoms with Crippen LogP contribution in [0.15, 0.2) is 18.5 Å². The Kier molecular flexibility index (Phi) is 6.69. The lowest BCUT2D eigenvalue weighted by Crippen LogP contribution is -2.31. The molecule has 1 saturated carbocycles. The Morgan fingerprint density at radius 3 is 2.57 bits per heavy atom. The second-order valence-corrected chi connectivity index (χ2v) is 6.75. The first-order valence-corrected chi connectivity index (χ1v) is 8.89. The van der Waals surface area contributed by atoms with E-state index >= 15 is 0 Å². The second-order valence-electron chi connectivity index (χ2n) is 6.75. The van der Waals surface area contributed by atoms with Gasteiger partial charge in [-0.1, -0.05) is 52.0 Å². The highest BCUT2D eigenvalue weighted by molar-refractivity contribution is 5.21. The Morgan fingerprint density at radius 1 is 1.19 bits per heavy atom. The first kappa shape index (κ1) is 16.5. The van der Waals surface area contributed by atoms with Crippen LogP contribution in [-0.4, -0.2) is 11.5 Å². The zero-order valence-electron chi connectivity index (χ0n) is 14.1. The molecule has 1 unspecified atom stereocenters. The smallest absolute Gasteiger partial charge is 0.0363 e. The maximum absolute atomic E-state index is 4.40. The van der Waals surface area contributed by atoms with E-state index in [1.165, 1.54) is 56.1 Å². The third-order valence-corrected chi connectivity index (χ3v) is 5.01. The van der Waals surface area contributed by atoms with Gasteiger partial charge in [-0.15, -0.1) is 0 Å². The van der Waals surface area contributed by atoms with Crippen molar-refractivity contribution in [3.05, 3.63) is 29.6 Å². The largest absolute Gasteiger partial charge is 0.310 e. The number of aryl methyl sites for hydroxylation is 1. The predicted molar refractivity (Wildman–Crippen MR) is 90.4 cm³/mol. The zero-order chi connectivity index (χ0) is 15.1. The molecule has 0 bridgehead atoms. The summed E-state index contributed by atoms with van der Waals surface area (Å²) < 4.78 is 0. The summed E-state index contributed by atoms with van der Waals surface area (Å²) in [4.78, 5) is 4.40. The van der Waals surface area contributed by atoms with Gasteiger partial charge in [0, 0.05) is 18.4 Å². The quantitative estimate of drug-likeness (QED) is 0.760. The number of hydrogen-bond acceptors (Lipinski definition) is 2. The van der Waals surface area contributed by atoms with Crippen molar-refractivity contribution in [1.82, 2.24) is 10.3 Å². The maximum Gasteiger partial charge on any atom is 0.0363 e. The van der Waals surface area contributed by atoms with Crippen molar-refractivity contribution in [2.24, 2.45) is 11.8 Å². The van der Waals surface area contributed by atoms with E-state index in [-0.39, 0.29) is 0 Å². The molecule has 1 aromatic rings. The van der Waals surface area contributed by atoms with Crippen molar-refractivity contribution in [3.8, 4) is 0 Å². The summed E-state index contributed by atoms with van der Waals surface area (Å²) in [7, 11) is 0. The van der Waals surface area contributed by atoms with Gasteiger partial charge in [0.05, 0.1) is 0 Å². The molecular weight excluding hydrogens is 256 g/mol. The minimum atomic E-state index is 0.495. The SMILES string of the molecule is CCCCC1CCC(C(NCC)c2cncc(C)c2)CC1. The number of rotatable bonds is 7. The fourth-order valence-electron chi connectivity index (χ4n) is 3.83. The lowest BCUT2D eigenvalue weighted by atomic mass is 9.75. The Morgan fingerprint density at radius 2 is 1.95 bits per heavy atom. The third kappa shape index (κ3) is 4.81. The summed E-state index contributed by atoms with van der Waals surface area (Å²) in [6.07, 6.45) is 13.8. The van der Waals surface area contributed by atoms with Gasteiger partial charge in [0.15, 0.2) is 0 Å². The van der Waals surface area contributed by atoms with Gasteiger partial charge < -0.3 is 5.32 Å². The summed E-state index contributed by atoms with van der Waals surface area (Å²) in [5.74, 6) is 1.77. The molecule has 1 fully saturated rings. The number of pyridine rings is 1. The number of aromatic nitrogens is 1. The van der Waals surface area contributed by atoms with Crippen LogP contribution < -0.4 is 5.32 Å². The van der Waals surface area contributed by atoms with E-state index in [1.807, 2.05) is 6.20 Å². The minimum Gasteiger partial charge on any atom is -0.310 e. The summed E-state index contributed by atoms with van der Waals surface area (Å²) >= 11 is 0. The minimum absolute atomic E-state index is 0.495. The Labute approximate surface area is 130 Å². The van der Waals surface area contributed by atoms with Crippen molar-refractivity contribution in [3.63, 3.8) is 0 Å². The monoisotopic (exact) mass is 288 g/mol. The Balaban J connectivity index is 1.97. The first-order chi connectivity index (χ1) is 10.2. The average molecular weight is 288 g/mol. The lowest BCUT2D eigenvalue weighted by Gasteiger charge is -2.34. The van der Waals surface area contributed by atoms with E-state index in [0.29, 0.717) is 6.04 Å². The highest BCUT2D eigenvalue weighted by atomic mass is 14.9. The second kappa shape index (κ2) is 8.53. The zero-order valence-corrected chi connectivity index (χ0v) is 14.1. The van der Waals surface area contributed by atoms with Crippen LogP contribution in [0.2, 0.25) is 0 Å². The molecule has 1 aromatic heterocycles. The van der Waals surface area contributed by atoms with E-state index in [1.54, 1.807) is 0 Å². The molecule has 1 N–H and O–H groups in total. The maximum atomic E-state index is 4.40. The van der Waals surface area contributed by atoms with Crippen molar-refractivity contribution >= 4 is 0 Å². The van der Waals surface area contributed by atoms with E-state index in [0.717, 1.165) is 18.4 Å². The van der Waals surface area contributed by atoms with Crippen molar-refractivity contribution in [1.29, 1.82) is 0 Å². The molecule has 1 heterocycles. The third-order valence-electron chi connectivity index (χ3n) is 5.01. The van der Waals surface area contributed by atoms with Crippen LogP contribution in [-0.2, 0) is 0 Å². The average Bonchev–Trinajstić information content (AvgIpc) is 2.51. The summed E-state index contributed by atoms with van der Waals surface area (Å²) in [6, 6.07) is 2.80. The number of nitrogens with zero attached hydrogens (tertiary/aromatic N) is 1.